The molecule has 0 bridgehead atoms. The van der Waals surface area contributed by atoms with E-state index in [0.29, 0.717) is 25.3 Å². The summed E-state index contributed by atoms with van der Waals surface area (Å²) in [5, 5.41) is 12.0. The van der Waals surface area contributed by atoms with Crippen LogP contribution in [0.25, 0.3) is 0 Å². The second-order valence-corrected chi connectivity index (χ2v) is 6.12. The first-order chi connectivity index (χ1) is 10.9. The van der Waals surface area contributed by atoms with E-state index in [1.54, 1.807) is 0 Å². The van der Waals surface area contributed by atoms with Crippen LogP contribution >= 0.6 is 0 Å². The van der Waals surface area contributed by atoms with Gasteiger partial charge in [0.2, 0.25) is 5.91 Å². The van der Waals surface area contributed by atoms with E-state index >= 15 is 0 Å². The molecule has 0 radical (unpaired) electrons. The van der Waals surface area contributed by atoms with E-state index in [1.165, 1.54) is 5.56 Å². The van der Waals surface area contributed by atoms with Crippen molar-refractivity contribution in [2.45, 2.75) is 46.0 Å². The van der Waals surface area contributed by atoms with E-state index < -0.39 is 5.09 Å². The van der Waals surface area contributed by atoms with Crippen LogP contribution in [-0.4, -0.2) is 24.1 Å². The van der Waals surface area contributed by atoms with Crippen LogP contribution in [0.2, 0.25) is 0 Å². The Morgan fingerprint density at radius 1 is 1.22 bits per heavy atom. The molecular weight excluding hydrogens is 296 g/mol. The monoisotopic (exact) mass is 322 g/mol. The highest BCUT2D eigenvalue weighted by Gasteiger charge is 2.14. The molecule has 0 saturated carbocycles. The first-order valence-corrected chi connectivity index (χ1v) is 8.04. The van der Waals surface area contributed by atoms with E-state index in [1.807, 2.05) is 19.1 Å². The van der Waals surface area contributed by atoms with E-state index in [4.69, 9.17) is 0 Å². The lowest BCUT2D eigenvalue weighted by Gasteiger charge is -2.13. The molecule has 0 fully saturated rings. The van der Waals surface area contributed by atoms with Crippen molar-refractivity contribution >= 4 is 5.91 Å². The number of carbonyl (C=O) groups is 1. The topological polar surface area (TPSA) is 81.5 Å². The Morgan fingerprint density at radius 2 is 1.87 bits per heavy atom. The van der Waals surface area contributed by atoms with Crippen molar-refractivity contribution in [1.82, 2.24) is 5.32 Å². The molecule has 0 heterocycles. The maximum Gasteiger partial charge on any atom is 0.294 e. The average Bonchev–Trinajstić information content (AvgIpc) is 2.49. The molecule has 0 saturated heterocycles. The van der Waals surface area contributed by atoms with Crippen molar-refractivity contribution < 1.29 is 14.7 Å². The molecule has 128 valence electrons. The molecule has 0 spiro atoms. The molecular formula is C17H26N2O4. The number of nitrogens with zero attached hydrogens (tertiary/aromatic N) is 1. The highest BCUT2D eigenvalue weighted by Crippen LogP contribution is 2.17. The summed E-state index contributed by atoms with van der Waals surface area (Å²) < 4.78 is 0. The highest BCUT2D eigenvalue weighted by atomic mass is 16.9. The smallest absolute Gasteiger partial charge is 0.294 e. The molecule has 6 heteroatoms. The summed E-state index contributed by atoms with van der Waals surface area (Å²) in [6, 6.07) is 8.17. The van der Waals surface area contributed by atoms with Crippen LogP contribution in [0.1, 0.15) is 50.7 Å². The third kappa shape index (κ3) is 7.63. The number of rotatable bonds is 10. The number of carbonyl (C=O) groups excluding carboxylic acids is 1. The Bertz CT molecular complexity index is 500. The Kier molecular flexibility index (Phi) is 8.08. The minimum atomic E-state index is -0.802. The number of amides is 1. The molecule has 1 atom stereocenters. The SMILES string of the molecule is CC(C)Cc1ccc(C(C)C(=O)NCCCCO[N+](=O)[O-])cc1. The van der Waals surface area contributed by atoms with Crippen LogP contribution in [0.3, 0.4) is 0 Å². The summed E-state index contributed by atoms with van der Waals surface area (Å²) in [6.07, 6.45) is 2.23. The van der Waals surface area contributed by atoms with E-state index in [9.17, 15) is 14.9 Å². The van der Waals surface area contributed by atoms with E-state index in [0.717, 1.165) is 12.0 Å². The van der Waals surface area contributed by atoms with Crippen LogP contribution in [0.15, 0.2) is 24.3 Å². The molecule has 1 N–H and O–H groups in total. The van der Waals surface area contributed by atoms with Crippen molar-refractivity contribution in [2.24, 2.45) is 5.92 Å². The van der Waals surface area contributed by atoms with E-state index in [2.05, 4.69) is 36.1 Å². The van der Waals surface area contributed by atoms with Crippen LogP contribution < -0.4 is 5.32 Å². The van der Waals surface area contributed by atoms with Crippen LogP contribution in [-0.2, 0) is 16.1 Å². The number of hydrogen-bond acceptors (Lipinski definition) is 4. The fourth-order valence-corrected chi connectivity index (χ4v) is 2.30. The normalized spacial score (nSPS) is 12.0. The third-order valence-corrected chi connectivity index (χ3v) is 3.58. The minimum absolute atomic E-state index is 0.0307. The predicted molar refractivity (Wildman–Crippen MR) is 88.6 cm³/mol. The van der Waals surface area contributed by atoms with Gasteiger partial charge in [0.05, 0.1) is 12.5 Å². The summed E-state index contributed by atoms with van der Waals surface area (Å²) in [5.74, 6) is 0.371. The van der Waals surface area contributed by atoms with Crippen LogP contribution in [0.5, 0.6) is 0 Å². The van der Waals surface area contributed by atoms with Gasteiger partial charge in [0, 0.05) is 6.54 Å². The Balaban J connectivity index is 2.34. The van der Waals surface area contributed by atoms with Gasteiger partial charge in [-0.15, -0.1) is 10.1 Å². The average molecular weight is 322 g/mol. The van der Waals surface area contributed by atoms with Crippen molar-refractivity contribution in [1.29, 1.82) is 0 Å². The maximum absolute atomic E-state index is 12.1. The Labute approximate surface area is 137 Å². The third-order valence-electron chi connectivity index (χ3n) is 3.58. The quantitative estimate of drug-likeness (QED) is 0.408. The lowest BCUT2D eigenvalue weighted by atomic mass is 9.96. The molecule has 0 aliphatic carbocycles. The zero-order valence-electron chi connectivity index (χ0n) is 14.1. The van der Waals surface area contributed by atoms with Gasteiger partial charge in [-0.25, -0.2) is 0 Å². The van der Waals surface area contributed by atoms with Gasteiger partial charge in [0.1, 0.15) is 0 Å². The summed E-state index contributed by atoms with van der Waals surface area (Å²) >= 11 is 0. The number of unbranched alkanes of at least 4 members (excludes halogenated alkanes) is 1. The summed E-state index contributed by atoms with van der Waals surface area (Å²) in [5.41, 5.74) is 2.27. The van der Waals surface area contributed by atoms with Gasteiger partial charge in [-0.1, -0.05) is 38.1 Å². The highest BCUT2D eigenvalue weighted by molar-refractivity contribution is 5.83. The summed E-state index contributed by atoms with van der Waals surface area (Å²) in [6.45, 7) is 6.80. The molecule has 0 aromatic heterocycles. The lowest BCUT2D eigenvalue weighted by molar-refractivity contribution is -0.757. The number of benzene rings is 1. The molecule has 1 unspecified atom stereocenters. The van der Waals surface area contributed by atoms with Gasteiger partial charge in [-0.3, -0.25) is 4.79 Å². The second-order valence-electron chi connectivity index (χ2n) is 6.12. The standard InChI is InChI=1S/C17H26N2O4/c1-13(2)12-15-6-8-16(9-7-15)14(3)17(20)18-10-4-5-11-23-19(21)22/h6-9,13-14H,4-5,10-12H2,1-3H3,(H,18,20). The van der Waals surface area contributed by atoms with E-state index in [-0.39, 0.29) is 18.4 Å². The second kappa shape index (κ2) is 9.82. The van der Waals surface area contributed by atoms with Crippen LogP contribution in [0, 0.1) is 16.0 Å². The zero-order chi connectivity index (χ0) is 17.2. The molecule has 1 aromatic carbocycles. The molecule has 6 nitrogen and oxygen atoms in total. The number of hydrogen-bond donors (Lipinski definition) is 1. The van der Waals surface area contributed by atoms with Gasteiger partial charge in [0.15, 0.2) is 0 Å². The largest absolute Gasteiger partial charge is 0.356 e. The first-order valence-electron chi connectivity index (χ1n) is 8.04. The summed E-state index contributed by atoms with van der Waals surface area (Å²) in [7, 11) is 0. The van der Waals surface area contributed by atoms with Crippen molar-refractivity contribution in [3.05, 3.63) is 45.5 Å². The number of nitrogens with one attached hydrogen (secondary N) is 1. The summed E-state index contributed by atoms with van der Waals surface area (Å²) in [4.78, 5) is 26.3. The van der Waals surface area contributed by atoms with Crippen molar-refractivity contribution in [3.8, 4) is 0 Å². The van der Waals surface area contributed by atoms with Gasteiger partial charge in [-0.05, 0) is 43.2 Å². The predicted octanol–water partition coefficient (Wildman–Crippen LogP) is 3.09. The van der Waals surface area contributed by atoms with Crippen LogP contribution in [0.4, 0.5) is 0 Å². The van der Waals surface area contributed by atoms with Gasteiger partial charge in [-0.2, -0.15) is 0 Å². The Hall–Kier alpha value is -2.11. The molecule has 23 heavy (non-hydrogen) atoms. The van der Waals surface area contributed by atoms with Crippen molar-refractivity contribution in [2.75, 3.05) is 13.2 Å². The van der Waals surface area contributed by atoms with Gasteiger partial charge in [0.25, 0.3) is 5.09 Å². The molecule has 0 aliphatic heterocycles. The van der Waals surface area contributed by atoms with Gasteiger partial charge >= 0.3 is 0 Å². The maximum atomic E-state index is 12.1. The van der Waals surface area contributed by atoms with Crippen molar-refractivity contribution in [3.63, 3.8) is 0 Å². The minimum Gasteiger partial charge on any atom is -0.356 e. The molecule has 0 aliphatic rings. The zero-order valence-corrected chi connectivity index (χ0v) is 14.1. The fourth-order valence-electron chi connectivity index (χ4n) is 2.30. The van der Waals surface area contributed by atoms with Gasteiger partial charge < -0.3 is 10.2 Å². The first kappa shape index (κ1) is 18.9. The lowest BCUT2D eigenvalue weighted by Crippen LogP contribution is -2.29. The molecule has 1 aromatic rings. The Morgan fingerprint density at radius 3 is 2.43 bits per heavy atom. The molecule has 1 amide bonds. The molecule has 1 rings (SSSR count). The fraction of sp³-hybridized carbons (Fsp3) is 0.588.